The molecule has 0 bridgehead atoms. The number of benzene rings is 1. The number of hydrogen-bond acceptors (Lipinski definition) is 5. The predicted octanol–water partition coefficient (Wildman–Crippen LogP) is 2.61. The van der Waals surface area contributed by atoms with Gasteiger partial charge in [-0.25, -0.2) is 4.98 Å². The number of amides is 1. The lowest BCUT2D eigenvalue weighted by Gasteiger charge is -2.04. The molecule has 0 saturated carbocycles. The second-order valence-corrected chi connectivity index (χ2v) is 5.88. The molecule has 0 aliphatic rings. The number of anilines is 1. The average Bonchev–Trinajstić information content (AvgIpc) is 3.07. The molecule has 2 aromatic heterocycles. The molecular formula is C15H17N5OS. The number of rotatable bonds is 4. The Morgan fingerprint density at radius 1 is 1.36 bits per heavy atom. The Labute approximate surface area is 132 Å². The molecule has 0 unspecified atom stereocenters. The third-order valence-corrected chi connectivity index (χ3v) is 4.38. The molecule has 7 heteroatoms. The van der Waals surface area contributed by atoms with Gasteiger partial charge in [-0.1, -0.05) is 6.07 Å². The van der Waals surface area contributed by atoms with Crippen LogP contribution >= 0.6 is 11.5 Å². The maximum atomic E-state index is 12.3. The van der Waals surface area contributed by atoms with Crippen molar-refractivity contribution < 1.29 is 4.79 Å². The summed E-state index contributed by atoms with van der Waals surface area (Å²) in [6.45, 7) is 4.22. The van der Waals surface area contributed by atoms with E-state index in [1.54, 1.807) is 7.05 Å². The van der Waals surface area contributed by atoms with E-state index in [4.69, 9.17) is 0 Å². The number of H-pyrrole nitrogens is 1. The highest BCUT2D eigenvalue weighted by Gasteiger charge is 2.17. The summed E-state index contributed by atoms with van der Waals surface area (Å²) in [6.07, 6.45) is 0. The van der Waals surface area contributed by atoms with Crippen molar-refractivity contribution in [3.8, 4) is 0 Å². The van der Waals surface area contributed by atoms with Crippen LogP contribution in [0.3, 0.4) is 0 Å². The zero-order valence-electron chi connectivity index (χ0n) is 12.7. The van der Waals surface area contributed by atoms with Crippen LogP contribution in [0.1, 0.15) is 27.4 Å². The van der Waals surface area contributed by atoms with E-state index in [0.717, 1.165) is 27.6 Å². The van der Waals surface area contributed by atoms with Crippen molar-refractivity contribution in [3.05, 3.63) is 40.8 Å². The number of imidazole rings is 1. The first kappa shape index (κ1) is 14.5. The molecule has 114 valence electrons. The molecule has 3 rings (SSSR count). The Balaban J connectivity index is 1.75. The quantitative estimate of drug-likeness (QED) is 0.691. The normalized spacial score (nSPS) is 10.9. The molecule has 0 aliphatic carbocycles. The van der Waals surface area contributed by atoms with Gasteiger partial charge in [0.15, 0.2) is 0 Å². The van der Waals surface area contributed by atoms with E-state index in [1.807, 2.05) is 32.0 Å². The molecule has 0 radical (unpaired) electrons. The van der Waals surface area contributed by atoms with E-state index >= 15 is 0 Å². The topological polar surface area (TPSA) is 82.7 Å². The number of aromatic amines is 1. The van der Waals surface area contributed by atoms with Crippen molar-refractivity contribution in [2.45, 2.75) is 20.4 Å². The molecule has 1 amide bonds. The standard InChI is InChI=1S/C15H17N5OS/c1-8-4-5-10-11(6-8)19-12(18-10)7-17-14(21)13-9(2)20-22-15(13)16-3/h4-6,16H,7H2,1-3H3,(H,17,21)(H,18,19). The minimum atomic E-state index is -0.146. The second-order valence-electron chi connectivity index (χ2n) is 5.11. The number of nitrogens with zero attached hydrogens (tertiary/aromatic N) is 2. The summed E-state index contributed by atoms with van der Waals surface area (Å²) >= 11 is 1.29. The molecule has 3 aromatic rings. The van der Waals surface area contributed by atoms with Crippen LogP contribution in [0.15, 0.2) is 18.2 Å². The summed E-state index contributed by atoms with van der Waals surface area (Å²) in [5.74, 6) is 0.591. The number of fused-ring (bicyclic) bond motifs is 1. The van der Waals surface area contributed by atoms with Gasteiger partial charge in [-0.15, -0.1) is 0 Å². The predicted molar refractivity (Wildman–Crippen MR) is 88.4 cm³/mol. The first-order valence-electron chi connectivity index (χ1n) is 6.96. The molecule has 1 aromatic carbocycles. The van der Waals surface area contributed by atoms with Gasteiger partial charge in [-0.2, -0.15) is 4.37 Å². The van der Waals surface area contributed by atoms with E-state index in [1.165, 1.54) is 17.1 Å². The average molecular weight is 315 g/mol. The van der Waals surface area contributed by atoms with Crippen LogP contribution in [0, 0.1) is 13.8 Å². The van der Waals surface area contributed by atoms with E-state index < -0.39 is 0 Å². The van der Waals surface area contributed by atoms with Gasteiger partial charge in [0.2, 0.25) is 0 Å². The van der Waals surface area contributed by atoms with Crippen molar-refractivity contribution in [1.82, 2.24) is 19.7 Å². The lowest BCUT2D eigenvalue weighted by Crippen LogP contribution is -2.24. The Bertz CT molecular complexity index is 836. The van der Waals surface area contributed by atoms with Gasteiger partial charge in [0.05, 0.1) is 28.8 Å². The van der Waals surface area contributed by atoms with Crippen LogP contribution < -0.4 is 10.6 Å². The third-order valence-electron chi connectivity index (χ3n) is 3.42. The first-order chi connectivity index (χ1) is 10.6. The van der Waals surface area contributed by atoms with Crippen molar-refractivity contribution in [2.75, 3.05) is 12.4 Å². The molecule has 0 spiro atoms. The van der Waals surface area contributed by atoms with Gasteiger partial charge in [0, 0.05) is 7.05 Å². The van der Waals surface area contributed by atoms with Crippen molar-refractivity contribution in [3.63, 3.8) is 0 Å². The number of hydrogen-bond donors (Lipinski definition) is 3. The molecule has 0 saturated heterocycles. The summed E-state index contributed by atoms with van der Waals surface area (Å²) in [7, 11) is 1.78. The number of nitrogens with one attached hydrogen (secondary N) is 3. The fourth-order valence-electron chi connectivity index (χ4n) is 2.32. The zero-order chi connectivity index (χ0) is 15.7. The highest BCUT2D eigenvalue weighted by atomic mass is 32.1. The minimum absolute atomic E-state index is 0.146. The van der Waals surface area contributed by atoms with E-state index in [9.17, 15) is 4.79 Å². The molecule has 0 atom stereocenters. The van der Waals surface area contributed by atoms with Crippen LogP contribution in [0.5, 0.6) is 0 Å². The number of aryl methyl sites for hydroxylation is 2. The monoisotopic (exact) mass is 315 g/mol. The third kappa shape index (κ3) is 2.67. The molecule has 0 aliphatic heterocycles. The summed E-state index contributed by atoms with van der Waals surface area (Å²) in [6, 6.07) is 6.03. The number of aromatic nitrogens is 3. The number of carbonyl (C=O) groups excluding carboxylic acids is 1. The molecule has 22 heavy (non-hydrogen) atoms. The fourth-order valence-corrected chi connectivity index (χ4v) is 3.06. The Hall–Kier alpha value is -2.41. The second kappa shape index (κ2) is 5.76. The lowest BCUT2D eigenvalue weighted by molar-refractivity contribution is 0.0950. The molecular weight excluding hydrogens is 298 g/mol. The van der Waals surface area contributed by atoms with Crippen molar-refractivity contribution in [2.24, 2.45) is 0 Å². The molecule has 2 heterocycles. The highest BCUT2D eigenvalue weighted by Crippen LogP contribution is 2.23. The summed E-state index contributed by atoms with van der Waals surface area (Å²) in [5, 5.41) is 6.65. The summed E-state index contributed by atoms with van der Waals surface area (Å²) in [5.41, 5.74) is 4.38. The van der Waals surface area contributed by atoms with E-state index in [2.05, 4.69) is 25.0 Å². The lowest BCUT2D eigenvalue weighted by atomic mass is 10.2. The van der Waals surface area contributed by atoms with Crippen LogP contribution in [-0.4, -0.2) is 27.3 Å². The van der Waals surface area contributed by atoms with Gasteiger partial charge in [-0.3, -0.25) is 4.79 Å². The van der Waals surface area contributed by atoms with Crippen molar-refractivity contribution >= 4 is 33.5 Å². The fraction of sp³-hybridized carbons (Fsp3) is 0.267. The maximum absolute atomic E-state index is 12.3. The van der Waals surface area contributed by atoms with Gasteiger partial charge < -0.3 is 15.6 Å². The van der Waals surface area contributed by atoms with E-state index in [-0.39, 0.29) is 5.91 Å². The summed E-state index contributed by atoms with van der Waals surface area (Å²) in [4.78, 5) is 20.0. The van der Waals surface area contributed by atoms with Gasteiger partial charge in [0.1, 0.15) is 10.8 Å². The molecule has 3 N–H and O–H groups in total. The minimum Gasteiger partial charge on any atom is -0.378 e. The number of carbonyl (C=O) groups is 1. The summed E-state index contributed by atoms with van der Waals surface area (Å²) < 4.78 is 4.20. The molecule has 6 nitrogen and oxygen atoms in total. The smallest absolute Gasteiger partial charge is 0.256 e. The highest BCUT2D eigenvalue weighted by molar-refractivity contribution is 7.10. The van der Waals surface area contributed by atoms with Crippen LogP contribution in [0.4, 0.5) is 5.00 Å². The van der Waals surface area contributed by atoms with Crippen molar-refractivity contribution in [1.29, 1.82) is 0 Å². The van der Waals surface area contributed by atoms with Crippen LogP contribution in [-0.2, 0) is 6.54 Å². The van der Waals surface area contributed by atoms with Gasteiger partial charge in [0.25, 0.3) is 5.91 Å². The largest absolute Gasteiger partial charge is 0.378 e. The first-order valence-corrected chi connectivity index (χ1v) is 7.73. The Kier molecular flexibility index (Phi) is 3.81. The van der Waals surface area contributed by atoms with E-state index in [0.29, 0.717) is 12.1 Å². The van der Waals surface area contributed by atoms with Crippen LogP contribution in [0.2, 0.25) is 0 Å². The van der Waals surface area contributed by atoms with Crippen LogP contribution in [0.25, 0.3) is 11.0 Å². The SMILES string of the molecule is CNc1snc(C)c1C(=O)NCc1nc2ccc(C)cc2[nH]1. The Morgan fingerprint density at radius 2 is 2.18 bits per heavy atom. The molecule has 0 fully saturated rings. The maximum Gasteiger partial charge on any atom is 0.256 e. The Morgan fingerprint density at radius 3 is 2.95 bits per heavy atom. The van der Waals surface area contributed by atoms with Gasteiger partial charge >= 0.3 is 0 Å². The zero-order valence-corrected chi connectivity index (χ0v) is 13.5. The van der Waals surface area contributed by atoms with Gasteiger partial charge in [-0.05, 0) is 43.1 Å².